The highest BCUT2D eigenvalue weighted by molar-refractivity contribution is 5.94. The van der Waals surface area contributed by atoms with Gasteiger partial charge >= 0.3 is 0 Å². The van der Waals surface area contributed by atoms with Crippen molar-refractivity contribution >= 4 is 22.8 Å². The lowest BCUT2D eigenvalue weighted by molar-refractivity contribution is 0.0767. The second kappa shape index (κ2) is 9.37. The average Bonchev–Trinajstić information content (AvgIpc) is 3.04. The second-order valence-electron chi connectivity index (χ2n) is 8.94. The number of anilines is 1. The van der Waals surface area contributed by atoms with E-state index in [4.69, 9.17) is 19.8 Å². The Hall–Kier alpha value is -3.94. The molecule has 0 aliphatic carbocycles. The number of aryl methyl sites for hydroxylation is 3. The standard InChI is InChI=1S/C27H30N6O2/c1-18-8-5-6-9-23(18)33-26-24(19(2)30-33)25(28-20(3)29-26)31-14-7-15-32(17-16-31)27(34)21-10-12-22(35-4)13-11-21/h5-6,8-13H,7,14-17H2,1-4H3. The fourth-order valence-electron chi connectivity index (χ4n) is 4.71. The second-order valence-corrected chi connectivity index (χ2v) is 8.94. The zero-order chi connectivity index (χ0) is 24.5. The Morgan fingerprint density at radius 3 is 2.43 bits per heavy atom. The molecule has 3 heterocycles. The van der Waals surface area contributed by atoms with Crippen LogP contribution in [0.3, 0.4) is 0 Å². The number of benzene rings is 2. The highest BCUT2D eigenvalue weighted by Gasteiger charge is 2.25. The summed E-state index contributed by atoms with van der Waals surface area (Å²) in [6, 6.07) is 15.5. The predicted molar refractivity (Wildman–Crippen MR) is 137 cm³/mol. The van der Waals surface area contributed by atoms with Crippen LogP contribution in [-0.4, -0.2) is 63.8 Å². The molecule has 1 aliphatic heterocycles. The van der Waals surface area contributed by atoms with Crippen molar-refractivity contribution in [2.45, 2.75) is 27.2 Å². The number of hydrogen-bond donors (Lipinski definition) is 0. The summed E-state index contributed by atoms with van der Waals surface area (Å²) in [5.41, 5.74) is 4.54. The topological polar surface area (TPSA) is 76.4 Å². The summed E-state index contributed by atoms with van der Waals surface area (Å²) < 4.78 is 7.14. The molecule has 1 aliphatic rings. The van der Waals surface area contributed by atoms with E-state index in [0.717, 1.165) is 52.5 Å². The van der Waals surface area contributed by atoms with Crippen LogP contribution in [0.15, 0.2) is 48.5 Å². The number of nitrogens with zero attached hydrogens (tertiary/aromatic N) is 6. The highest BCUT2D eigenvalue weighted by atomic mass is 16.5. The molecule has 0 N–H and O–H groups in total. The molecule has 8 nitrogen and oxygen atoms in total. The Kier molecular flexibility index (Phi) is 6.11. The van der Waals surface area contributed by atoms with Crippen molar-refractivity contribution in [3.05, 3.63) is 71.2 Å². The smallest absolute Gasteiger partial charge is 0.253 e. The molecule has 0 bridgehead atoms. The number of aromatic nitrogens is 4. The van der Waals surface area contributed by atoms with Crippen LogP contribution in [0.25, 0.3) is 16.7 Å². The van der Waals surface area contributed by atoms with Crippen molar-refractivity contribution in [1.29, 1.82) is 0 Å². The molecular formula is C27H30N6O2. The largest absolute Gasteiger partial charge is 0.497 e. The summed E-state index contributed by atoms with van der Waals surface area (Å²) in [6.07, 6.45) is 0.859. The fourth-order valence-corrected chi connectivity index (χ4v) is 4.71. The van der Waals surface area contributed by atoms with Gasteiger partial charge in [0.05, 0.1) is 23.9 Å². The van der Waals surface area contributed by atoms with Gasteiger partial charge in [-0.2, -0.15) is 5.10 Å². The van der Waals surface area contributed by atoms with Gasteiger partial charge in [0.1, 0.15) is 17.4 Å². The number of para-hydroxylation sites is 1. The van der Waals surface area contributed by atoms with E-state index in [1.165, 1.54) is 0 Å². The van der Waals surface area contributed by atoms with E-state index < -0.39 is 0 Å². The molecule has 0 radical (unpaired) electrons. The Labute approximate surface area is 205 Å². The van der Waals surface area contributed by atoms with E-state index in [1.54, 1.807) is 7.11 Å². The van der Waals surface area contributed by atoms with Crippen LogP contribution < -0.4 is 9.64 Å². The van der Waals surface area contributed by atoms with Crippen LogP contribution in [0, 0.1) is 20.8 Å². The molecule has 8 heteroatoms. The number of carbonyl (C=O) groups excluding carboxylic acids is 1. The van der Waals surface area contributed by atoms with Gasteiger partial charge in [0, 0.05) is 31.7 Å². The first kappa shape index (κ1) is 22.8. The molecule has 1 amide bonds. The van der Waals surface area contributed by atoms with E-state index in [2.05, 4.69) is 24.0 Å². The summed E-state index contributed by atoms with van der Waals surface area (Å²) in [5, 5.41) is 5.82. The minimum Gasteiger partial charge on any atom is -0.497 e. The van der Waals surface area contributed by atoms with Crippen molar-refractivity contribution in [3.63, 3.8) is 0 Å². The molecule has 0 atom stereocenters. The number of rotatable bonds is 4. The third-order valence-electron chi connectivity index (χ3n) is 6.56. The van der Waals surface area contributed by atoms with Gasteiger partial charge < -0.3 is 14.5 Å². The van der Waals surface area contributed by atoms with Crippen molar-refractivity contribution in [3.8, 4) is 11.4 Å². The number of hydrogen-bond acceptors (Lipinski definition) is 6. The van der Waals surface area contributed by atoms with Crippen molar-refractivity contribution in [2.75, 3.05) is 38.2 Å². The van der Waals surface area contributed by atoms with Gasteiger partial charge in [-0.1, -0.05) is 18.2 Å². The minimum atomic E-state index is 0.0436. The summed E-state index contributed by atoms with van der Waals surface area (Å²) in [7, 11) is 1.62. The molecule has 5 rings (SSSR count). The molecule has 2 aromatic carbocycles. The fraction of sp³-hybridized carbons (Fsp3) is 0.333. The number of carbonyl (C=O) groups is 1. The van der Waals surface area contributed by atoms with Crippen molar-refractivity contribution in [1.82, 2.24) is 24.6 Å². The molecule has 0 unspecified atom stereocenters. The summed E-state index contributed by atoms with van der Waals surface area (Å²) >= 11 is 0. The van der Waals surface area contributed by atoms with Crippen LogP contribution in [0.5, 0.6) is 5.75 Å². The Morgan fingerprint density at radius 2 is 1.69 bits per heavy atom. The molecule has 180 valence electrons. The number of fused-ring (bicyclic) bond motifs is 1. The SMILES string of the molecule is COc1ccc(C(=O)N2CCCN(c3nc(C)nc4c3c(C)nn4-c3ccccc3C)CC2)cc1. The lowest BCUT2D eigenvalue weighted by atomic mass is 10.2. The van der Waals surface area contributed by atoms with Crippen LogP contribution in [-0.2, 0) is 0 Å². The van der Waals surface area contributed by atoms with E-state index in [1.807, 2.05) is 59.8 Å². The number of methoxy groups -OCH3 is 1. The molecule has 1 fully saturated rings. The van der Waals surface area contributed by atoms with Crippen LogP contribution in [0.2, 0.25) is 0 Å². The molecule has 1 saturated heterocycles. The van der Waals surface area contributed by atoms with Crippen molar-refractivity contribution < 1.29 is 9.53 Å². The maximum Gasteiger partial charge on any atom is 0.253 e. The van der Waals surface area contributed by atoms with Gasteiger partial charge in [0.15, 0.2) is 5.65 Å². The lowest BCUT2D eigenvalue weighted by Crippen LogP contribution is -2.35. The van der Waals surface area contributed by atoms with E-state index in [-0.39, 0.29) is 5.91 Å². The van der Waals surface area contributed by atoms with Crippen molar-refractivity contribution in [2.24, 2.45) is 0 Å². The first-order valence-electron chi connectivity index (χ1n) is 11.9. The first-order chi connectivity index (χ1) is 17.0. The zero-order valence-electron chi connectivity index (χ0n) is 20.7. The lowest BCUT2D eigenvalue weighted by Gasteiger charge is -2.24. The third-order valence-corrected chi connectivity index (χ3v) is 6.56. The van der Waals surface area contributed by atoms with E-state index in [9.17, 15) is 4.79 Å². The van der Waals surface area contributed by atoms with Gasteiger partial charge in [0.25, 0.3) is 5.91 Å². The Morgan fingerprint density at radius 1 is 0.914 bits per heavy atom. The molecule has 4 aromatic rings. The maximum absolute atomic E-state index is 13.1. The minimum absolute atomic E-state index is 0.0436. The Balaban J connectivity index is 1.45. The Bertz CT molecular complexity index is 1380. The van der Waals surface area contributed by atoms with Gasteiger partial charge in [-0.25, -0.2) is 14.6 Å². The number of ether oxygens (including phenoxy) is 1. The zero-order valence-corrected chi connectivity index (χ0v) is 20.7. The van der Waals surface area contributed by atoms with Gasteiger partial charge in [-0.15, -0.1) is 0 Å². The van der Waals surface area contributed by atoms with E-state index in [0.29, 0.717) is 31.0 Å². The van der Waals surface area contributed by atoms with Crippen LogP contribution >= 0.6 is 0 Å². The van der Waals surface area contributed by atoms with Gasteiger partial charge in [0.2, 0.25) is 0 Å². The quantitative estimate of drug-likeness (QED) is 0.447. The molecule has 0 spiro atoms. The number of amides is 1. The summed E-state index contributed by atoms with van der Waals surface area (Å²) in [4.78, 5) is 27.0. The molecule has 35 heavy (non-hydrogen) atoms. The summed E-state index contributed by atoms with van der Waals surface area (Å²) in [5.74, 6) is 2.39. The normalized spacial score (nSPS) is 14.3. The predicted octanol–water partition coefficient (Wildman–Crippen LogP) is 4.10. The molecule has 2 aromatic heterocycles. The molecule has 0 saturated carbocycles. The summed E-state index contributed by atoms with van der Waals surface area (Å²) in [6.45, 7) is 8.85. The third kappa shape index (κ3) is 4.32. The van der Waals surface area contributed by atoms with Crippen LogP contribution in [0.1, 0.15) is 33.9 Å². The van der Waals surface area contributed by atoms with Crippen LogP contribution in [0.4, 0.5) is 5.82 Å². The average molecular weight is 471 g/mol. The monoisotopic (exact) mass is 470 g/mol. The maximum atomic E-state index is 13.1. The van der Waals surface area contributed by atoms with Gasteiger partial charge in [-0.05, 0) is 63.1 Å². The van der Waals surface area contributed by atoms with Gasteiger partial charge in [-0.3, -0.25) is 4.79 Å². The van der Waals surface area contributed by atoms with E-state index >= 15 is 0 Å². The first-order valence-corrected chi connectivity index (χ1v) is 11.9. The molecular weight excluding hydrogens is 440 g/mol. The highest BCUT2D eigenvalue weighted by Crippen LogP contribution is 2.30.